The van der Waals surface area contributed by atoms with Crippen LogP contribution in [0, 0.1) is 0 Å². The van der Waals surface area contributed by atoms with Crippen LogP contribution < -0.4 is 10.6 Å². The predicted octanol–water partition coefficient (Wildman–Crippen LogP) is 2.74. The Labute approximate surface area is 184 Å². The molecule has 28 heavy (non-hydrogen) atoms. The topological polar surface area (TPSA) is 61.8 Å². The number of rotatable bonds is 6. The largest absolute Gasteiger partial charge is 0.434 e. The first kappa shape index (κ1) is 23.6. The number of ether oxygens (including phenoxy) is 1. The van der Waals surface area contributed by atoms with E-state index in [0.717, 1.165) is 36.4 Å². The normalized spacial score (nSPS) is 23.2. The Morgan fingerprint density at radius 2 is 2.25 bits per heavy atom. The van der Waals surface area contributed by atoms with Gasteiger partial charge >= 0.3 is 6.18 Å². The third-order valence-electron chi connectivity index (χ3n) is 4.73. The Morgan fingerprint density at radius 3 is 2.96 bits per heavy atom. The average molecular weight is 533 g/mol. The Hall–Kier alpha value is -0.660. The number of fused-ring (bicyclic) bond motifs is 1. The number of morpholine rings is 1. The van der Waals surface area contributed by atoms with Crippen LogP contribution >= 0.6 is 35.3 Å². The number of nitrogens with zero attached hydrogens (tertiary/aromatic N) is 3. The summed E-state index contributed by atoms with van der Waals surface area (Å²) >= 11 is 1.03. The van der Waals surface area contributed by atoms with Gasteiger partial charge in [-0.15, -0.1) is 35.3 Å². The number of alkyl halides is 3. The van der Waals surface area contributed by atoms with E-state index in [2.05, 4.69) is 25.5 Å². The summed E-state index contributed by atoms with van der Waals surface area (Å²) in [7, 11) is 0. The maximum absolute atomic E-state index is 12.6. The average Bonchev–Trinajstić information content (AvgIpc) is 3.28. The lowest BCUT2D eigenvalue weighted by atomic mass is 10.2. The molecule has 2 atom stereocenters. The van der Waals surface area contributed by atoms with Crippen molar-refractivity contribution in [3.05, 3.63) is 16.1 Å². The standard InChI is InChI=1S/C17H26F3N5OS.HI/c1-2-21-16(22-6-5-15-24-14(11-27-15)17(18,19)20)23-8-13-9-25-7-3-4-12(25)10-26-13;/h11-13H,2-10H2,1H3,(H2,21,22,23);1H. The molecule has 1 aromatic heterocycles. The number of guanidine groups is 1. The molecule has 0 spiro atoms. The molecule has 0 radical (unpaired) electrons. The van der Waals surface area contributed by atoms with Crippen molar-refractivity contribution in [1.29, 1.82) is 0 Å². The zero-order valence-corrected chi connectivity index (χ0v) is 18.9. The van der Waals surface area contributed by atoms with Gasteiger partial charge in [0.1, 0.15) is 0 Å². The smallest absolute Gasteiger partial charge is 0.373 e. The van der Waals surface area contributed by atoms with E-state index in [0.29, 0.717) is 43.1 Å². The van der Waals surface area contributed by atoms with Crippen molar-refractivity contribution in [3.63, 3.8) is 0 Å². The van der Waals surface area contributed by atoms with Crippen molar-refractivity contribution < 1.29 is 17.9 Å². The second-order valence-electron chi connectivity index (χ2n) is 6.77. The van der Waals surface area contributed by atoms with Crippen LogP contribution in [0.1, 0.15) is 30.5 Å². The molecule has 6 nitrogen and oxygen atoms in total. The van der Waals surface area contributed by atoms with Crippen molar-refractivity contribution in [1.82, 2.24) is 20.5 Å². The molecule has 2 aliphatic heterocycles. The van der Waals surface area contributed by atoms with Crippen LogP contribution in [-0.4, -0.2) is 67.3 Å². The van der Waals surface area contributed by atoms with Gasteiger partial charge in [0.25, 0.3) is 0 Å². The molecule has 0 saturated carbocycles. The van der Waals surface area contributed by atoms with E-state index in [1.807, 2.05) is 6.92 Å². The molecule has 0 aromatic carbocycles. The quantitative estimate of drug-likeness (QED) is 0.335. The van der Waals surface area contributed by atoms with E-state index < -0.39 is 11.9 Å². The highest BCUT2D eigenvalue weighted by atomic mass is 127. The number of hydrogen-bond donors (Lipinski definition) is 2. The van der Waals surface area contributed by atoms with Crippen LogP contribution in [0.2, 0.25) is 0 Å². The molecule has 3 rings (SSSR count). The van der Waals surface area contributed by atoms with E-state index in [1.54, 1.807) is 0 Å². The van der Waals surface area contributed by atoms with Crippen LogP contribution in [0.15, 0.2) is 10.4 Å². The maximum Gasteiger partial charge on any atom is 0.434 e. The van der Waals surface area contributed by atoms with Gasteiger partial charge < -0.3 is 15.4 Å². The summed E-state index contributed by atoms with van der Waals surface area (Å²) in [5.41, 5.74) is -0.822. The van der Waals surface area contributed by atoms with Crippen LogP contribution in [0.5, 0.6) is 0 Å². The molecular weight excluding hydrogens is 506 g/mol. The third kappa shape index (κ3) is 6.70. The van der Waals surface area contributed by atoms with Crippen LogP contribution in [0.3, 0.4) is 0 Å². The highest BCUT2D eigenvalue weighted by molar-refractivity contribution is 14.0. The molecule has 2 fully saturated rings. The summed E-state index contributed by atoms with van der Waals surface area (Å²) in [6.45, 7) is 6.54. The molecule has 2 saturated heterocycles. The monoisotopic (exact) mass is 533 g/mol. The van der Waals surface area contributed by atoms with Crippen LogP contribution in [-0.2, 0) is 17.3 Å². The summed E-state index contributed by atoms with van der Waals surface area (Å²) in [6.07, 6.45) is -1.43. The van der Waals surface area contributed by atoms with Gasteiger partial charge in [0.05, 0.1) is 24.3 Å². The summed E-state index contributed by atoms with van der Waals surface area (Å²) in [5.74, 6) is 0.650. The molecule has 160 valence electrons. The van der Waals surface area contributed by atoms with Crippen molar-refractivity contribution in [3.8, 4) is 0 Å². The van der Waals surface area contributed by atoms with Gasteiger partial charge in [0.2, 0.25) is 0 Å². The summed E-state index contributed by atoms with van der Waals surface area (Å²) in [6, 6.07) is 0.566. The van der Waals surface area contributed by atoms with Gasteiger partial charge in [-0.1, -0.05) is 0 Å². The Balaban J connectivity index is 0.00000280. The lowest BCUT2D eigenvalue weighted by Gasteiger charge is -2.34. The number of nitrogens with one attached hydrogen (secondary N) is 2. The SMILES string of the molecule is CCNC(=NCC1CN2CCCC2CO1)NCCc1nc(C(F)(F)F)cs1.I. The second kappa shape index (κ2) is 10.9. The van der Waals surface area contributed by atoms with Gasteiger partial charge in [-0.2, -0.15) is 13.2 Å². The van der Waals surface area contributed by atoms with Gasteiger partial charge in [-0.05, 0) is 26.3 Å². The summed E-state index contributed by atoms with van der Waals surface area (Å²) < 4.78 is 43.7. The van der Waals surface area contributed by atoms with E-state index in [4.69, 9.17) is 4.74 Å². The highest BCUT2D eigenvalue weighted by Crippen LogP contribution is 2.30. The number of aliphatic imine (C=N–C) groups is 1. The summed E-state index contributed by atoms with van der Waals surface area (Å²) in [5, 5.41) is 7.83. The van der Waals surface area contributed by atoms with E-state index in [-0.39, 0.29) is 30.1 Å². The van der Waals surface area contributed by atoms with E-state index in [9.17, 15) is 13.2 Å². The molecule has 0 aliphatic carbocycles. The third-order valence-corrected chi connectivity index (χ3v) is 5.64. The number of hydrogen-bond acceptors (Lipinski definition) is 5. The Bertz CT molecular complexity index is 643. The fraction of sp³-hybridized carbons (Fsp3) is 0.765. The first-order chi connectivity index (χ1) is 13.0. The number of thiazole rings is 1. The molecule has 1 aromatic rings. The van der Waals surface area contributed by atoms with Gasteiger partial charge in [0, 0.05) is 37.5 Å². The summed E-state index contributed by atoms with van der Waals surface area (Å²) in [4.78, 5) is 10.7. The first-order valence-corrected chi connectivity index (χ1v) is 10.2. The zero-order valence-electron chi connectivity index (χ0n) is 15.8. The maximum atomic E-state index is 12.6. The highest BCUT2D eigenvalue weighted by Gasteiger charge is 2.34. The lowest BCUT2D eigenvalue weighted by molar-refractivity contribution is -0.140. The second-order valence-corrected chi connectivity index (χ2v) is 7.71. The Morgan fingerprint density at radius 1 is 1.43 bits per heavy atom. The fourth-order valence-electron chi connectivity index (χ4n) is 3.37. The van der Waals surface area contributed by atoms with Crippen molar-refractivity contribution in [2.24, 2.45) is 4.99 Å². The molecule has 2 aliphatic rings. The van der Waals surface area contributed by atoms with Crippen molar-refractivity contribution in [2.45, 2.75) is 44.5 Å². The molecular formula is C17H27F3IN5OS. The first-order valence-electron chi connectivity index (χ1n) is 9.35. The predicted molar refractivity (Wildman–Crippen MR) is 115 cm³/mol. The van der Waals surface area contributed by atoms with Gasteiger partial charge in [-0.3, -0.25) is 9.89 Å². The molecule has 0 bridgehead atoms. The zero-order chi connectivity index (χ0) is 19.3. The molecule has 3 heterocycles. The van der Waals surface area contributed by atoms with E-state index >= 15 is 0 Å². The molecule has 2 N–H and O–H groups in total. The van der Waals surface area contributed by atoms with Crippen LogP contribution in [0.25, 0.3) is 0 Å². The van der Waals surface area contributed by atoms with Crippen LogP contribution in [0.4, 0.5) is 13.2 Å². The Kier molecular flexibility index (Phi) is 9.22. The van der Waals surface area contributed by atoms with Gasteiger partial charge in [-0.25, -0.2) is 4.98 Å². The van der Waals surface area contributed by atoms with Crippen molar-refractivity contribution >= 4 is 41.3 Å². The number of aromatic nitrogens is 1. The fourth-order valence-corrected chi connectivity index (χ4v) is 4.18. The lowest BCUT2D eigenvalue weighted by Crippen LogP contribution is -2.47. The number of halogens is 4. The van der Waals surface area contributed by atoms with Gasteiger partial charge in [0.15, 0.2) is 11.7 Å². The van der Waals surface area contributed by atoms with E-state index in [1.165, 1.54) is 12.8 Å². The molecule has 0 amide bonds. The minimum atomic E-state index is -4.38. The molecule has 11 heteroatoms. The van der Waals surface area contributed by atoms with Crippen molar-refractivity contribution in [2.75, 3.05) is 39.3 Å². The minimum absolute atomic E-state index is 0. The minimum Gasteiger partial charge on any atom is -0.373 e. The molecule has 2 unspecified atom stereocenters.